The summed E-state index contributed by atoms with van der Waals surface area (Å²) >= 11 is 6.00. The Morgan fingerprint density at radius 3 is 2.79 bits per heavy atom. The quantitative estimate of drug-likeness (QED) is 0.766. The maximum Gasteiger partial charge on any atom is 0.313 e. The van der Waals surface area contributed by atoms with Gasteiger partial charge in [0.2, 0.25) is 0 Å². The third-order valence-electron chi connectivity index (χ3n) is 1.25. The van der Waals surface area contributed by atoms with Crippen molar-refractivity contribution in [3.05, 3.63) is 24.5 Å². The predicted molar refractivity (Wildman–Crippen MR) is 60.6 cm³/mol. The molecule has 0 spiro atoms. The summed E-state index contributed by atoms with van der Waals surface area (Å²) in [4.78, 5) is 14.1. The van der Waals surface area contributed by atoms with Crippen LogP contribution in [0.25, 0.3) is 0 Å². The number of anilines is 1. The van der Waals surface area contributed by atoms with Crippen LogP contribution >= 0.6 is 24.0 Å². The van der Waals surface area contributed by atoms with Crippen molar-refractivity contribution < 1.29 is 9.90 Å². The lowest BCUT2D eigenvalue weighted by atomic mass is 10.4. The van der Waals surface area contributed by atoms with Crippen LogP contribution in [0.5, 0.6) is 0 Å². The number of hydrogen-bond donors (Lipinski definition) is 2. The largest absolute Gasteiger partial charge is 0.481 e. The monoisotopic (exact) mass is 228 g/mol. The number of hydrogen-bond acceptors (Lipinski definition) is 4. The van der Waals surface area contributed by atoms with Crippen LogP contribution in [-0.2, 0) is 4.79 Å². The summed E-state index contributed by atoms with van der Waals surface area (Å²) < 4.78 is 0.443. The van der Waals surface area contributed by atoms with E-state index in [1.165, 1.54) is 0 Å². The fourth-order valence-electron chi connectivity index (χ4n) is 0.716. The number of pyridine rings is 1. The average Bonchev–Trinajstić information content (AvgIpc) is 2.16. The Hall–Kier alpha value is -1.14. The lowest BCUT2D eigenvalue weighted by Crippen LogP contribution is -2.08. The van der Waals surface area contributed by atoms with E-state index in [0.29, 0.717) is 4.32 Å². The number of nitrogens with one attached hydrogen (secondary N) is 1. The second-order valence-electron chi connectivity index (χ2n) is 2.33. The third kappa shape index (κ3) is 4.20. The highest BCUT2D eigenvalue weighted by atomic mass is 32.2. The van der Waals surface area contributed by atoms with E-state index >= 15 is 0 Å². The standard InChI is InChI=1S/C8H8N2O2S2/c11-7(12)5-14-8(13)10-6-1-3-9-4-2-6/h1-4H,5H2,(H,11,12)(H,9,10,13). The number of carboxylic acid groups (broad SMARTS) is 1. The molecule has 1 aromatic heterocycles. The predicted octanol–water partition coefficient (Wildman–Crippen LogP) is 1.60. The van der Waals surface area contributed by atoms with Gasteiger partial charge in [-0.05, 0) is 12.1 Å². The van der Waals surface area contributed by atoms with Gasteiger partial charge in [0.15, 0.2) is 0 Å². The first-order valence-electron chi connectivity index (χ1n) is 3.74. The summed E-state index contributed by atoms with van der Waals surface area (Å²) in [6, 6.07) is 3.52. The maximum atomic E-state index is 10.2. The lowest BCUT2D eigenvalue weighted by Gasteiger charge is -2.04. The Balaban J connectivity index is 2.38. The van der Waals surface area contributed by atoms with E-state index in [1.807, 2.05) is 0 Å². The van der Waals surface area contributed by atoms with Crippen LogP contribution in [0.4, 0.5) is 5.69 Å². The number of aliphatic carboxylic acids is 1. The van der Waals surface area contributed by atoms with Crippen molar-refractivity contribution in [2.45, 2.75) is 0 Å². The zero-order chi connectivity index (χ0) is 10.4. The van der Waals surface area contributed by atoms with E-state index in [2.05, 4.69) is 10.3 Å². The molecule has 0 aliphatic carbocycles. The van der Waals surface area contributed by atoms with Gasteiger partial charge >= 0.3 is 5.97 Å². The fraction of sp³-hybridized carbons (Fsp3) is 0.125. The second kappa shape index (κ2) is 5.56. The first kappa shape index (κ1) is 10.9. The second-order valence-corrected chi connectivity index (χ2v) is 3.98. The van der Waals surface area contributed by atoms with Crippen molar-refractivity contribution in [3.8, 4) is 0 Å². The molecule has 74 valence electrons. The average molecular weight is 228 g/mol. The molecule has 14 heavy (non-hydrogen) atoms. The normalized spacial score (nSPS) is 9.43. The van der Waals surface area contributed by atoms with Crippen LogP contribution in [0.3, 0.4) is 0 Å². The van der Waals surface area contributed by atoms with E-state index in [4.69, 9.17) is 17.3 Å². The maximum absolute atomic E-state index is 10.2. The molecule has 2 N–H and O–H groups in total. The summed E-state index contributed by atoms with van der Waals surface area (Å²) in [5, 5.41) is 11.3. The molecular weight excluding hydrogens is 220 g/mol. The van der Waals surface area contributed by atoms with E-state index in [0.717, 1.165) is 17.4 Å². The SMILES string of the molecule is O=C(O)CSC(=S)Nc1ccncc1. The summed E-state index contributed by atoms with van der Waals surface area (Å²) in [7, 11) is 0. The van der Waals surface area contributed by atoms with Crippen molar-refractivity contribution >= 4 is 40.0 Å². The van der Waals surface area contributed by atoms with E-state index in [9.17, 15) is 4.79 Å². The molecule has 1 aromatic rings. The van der Waals surface area contributed by atoms with Gasteiger partial charge in [0.05, 0.1) is 5.75 Å². The molecule has 0 saturated carbocycles. The highest BCUT2D eigenvalue weighted by Gasteiger charge is 2.02. The van der Waals surface area contributed by atoms with Gasteiger partial charge in [0.1, 0.15) is 4.32 Å². The molecule has 0 amide bonds. The molecule has 4 nitrogen and oxygen atoms in total. The van der Waals surface area contributed by atoms with Gasteiger partial charge in [-0.1, -0.05) is 24.0 Å². The number of carboxylic acids is 1. The van der Waals surface area contributed by atoms with E-state index in [1.54, 1.807) is 24.5 Å². The number of nitrogens with zero attached hydrogens (tertiary/aromatic N) is 1. The van der Waals surface area contributed by atoms with Crippen LogP contribution in [-0.4, -0.2) is 26.1 Å². The van der Waals surface area contributed by atoms with Crippen molar-refractivity contribution in [1.29, 1.82) is 0 Å². The number of rotatable bonds is 3. The highest BCUT2D eigenvalue weighted by molar-refractivity contribution is 8.23. The van der Waals surface area contributed by atoms with Gasteiger partial charge in [0, 0.05) is 18.1 Å². The van der Waals surface area contributed by atoms with Crippen molar-refractivity contribution in [2.24, 2.45) is 0 Å². The molecule has 1 heterocycles. The van der Waals surface area contributed by atoms with Crippen LogP contribution in [0.2, 0.25) is 0 Å². The van der Waals surface area contributed by atoms with Crippen LogP contribution in [0.1, 0.15) is 0 Å². The number of carbonyl (C=O) groups is 1. The Bertz CT molecular complexity index is 329. The number of thioether (sulfide) groups is 1. The molecule has 0 aromatic carbocycles. The lowest BCUT2D eigenvalue weighted by molar-refractivity contribution is -0.133. The minimum absolute atomic E-state index is 0.0308. The van der Waals surface area contributed by atoms with Gasteiger partial charge in [-0.15, -0.1) is 0 Å². The first-order valence-corrected chi connectivity index (χ1v) is 5.13. The van der Waals surface area contributed by atoms with Gasteiger partial charge in [-0.25, -0.2) is 0 Å². The first-order chi connectivity index (χ1) is 6.68. The van der Waals surface area contributed by atoms with E-state index in [-0.39, 0.29) is 5.75 Å². The molecular formula is C8H8N2O2S2. The van der Waals surface area contributed by atoms with Crippen LogP contribution < -0.4 is 5.32 Å². The molecule has 0 bridgehead atoms. The van der Waals surface area contributed by atoms with Gasteiger partial charge in [-0.2, -0.15) is 0 Å². The Morgan fingerprint density at radius 1 is 1.57 bits per heavy atom. The van der Waals surface area contributed by atoms with Crippen molar-refractivity contribution in [3.63, 3.8) is 0 Å². The topological polar surface area (TPSA) is 62.2 Å². The van der Waals surface area contributed by atoms with Gasteiger partial charge < -0.3 is 10.4 Å². The molecule has 1 rings (SSSR count). The fourth-order valence-corrected chi connectivity index (χ4v) is 1.46. The molecule has 0 aliphatic heterocycles. The Labute approximate surface area is 90.7 Å². The summed E-state index contributed by atoms with van der Waals surface area (Å²) in [5.41, 5.74) is 0.808. The molecule has 0 unspecified atom stereocenters. The highest BCUT2D eigenvalue weighted by Crippen LogP contribution is 2.09. The Morgan fingerprint density at radius 2 is 2.21 bits per heavy atom. The smallest absolute Gasteiger partial charge is 0.313 e. The van der Waals surface area contributed by atoms with Crippen LogP contribution in [0, 0.1) is 0 Å². The third-order valence-corrected chi connectivity index (χ3v) is 2.46. The minimum Gasteiger partial charge on any atom is -0.481 e. The molecule has 0 fully saturated rings. The number of aromatic nitrogens is 1. The molecule has 0 atom stereocenters. The van der Waals surface area contributed by atoms with Crippen molar-refractivity contribution in [2.75, 3.05) is 11.1 Å². The van der Waals surface area contributed by atoms with Gasteiger partial charge in [0.25, 0.3) is 0 Å². The molecule has 6 heteroatoms. The molecule has 0 aliphatic rings. The van der Waals surface area contributed by atoms with E-state index < -0.39 is 5.97 Å². The summed E-state index contributed by atoms with van der Waals surface area (Å²) in [6.45, 7) is 0. The molecule has 0 radical (unpaired) electrons. The summed E-state index contributed by atoms with van der Waals surface area (Å²) in [5.74, 6) is -0.912. The van der Waals surface area contributed by atoms with Crippen molar-refractivity contribution in [1.82, 2.24) is 4.98 Å². The Kier molecular flexibility index (Phi) is 4.34. The van der Waals surface area contributed by atoms with Crippen LogP contribution in [0.15, 0.2) is 24.5 Å². The van der Waals surface area contributed by atoms with Gasteiger partial charge in [-0.3, -0.25) is 9.78 Å². The number of thiocarbonyl (C=S) groups is 1. The zero-order valence-electron chi connectivity index (χ0n) is 7.14. The molecule has 0 saturated heterocycles. The minimum atomic E-state index is -0.881. The zero-order valence-corrected chi connectivity index (χ0v) is 8.77. The summed E-state index contributed by atoms with van der Waals surface area (Å²) in [6.07, 6.45) is 3.26.